The summed E-state index contributed by atoms with van der Waals surface area (Å²) in [5, 5.41) is 16.6. The van der Waals surface area contributed by atoms with E-state index in [1.165, 1.54) is 24.2 Å². The van der Waals surface area contributed by atoms with E-state index in [0.717, 1.165) is 10.0 Å². The van der Waals surface area contributed by atoms with Crippen LogP contribution in [0.15, 0.2) is 68.9 Å². The van der Waals surface area contributed by atoms with Crippen molar-refractivity contribution in [3.05, 3.63) is 71.0 Å². The number of thioether (sulfide) groups is 1. The van der Waals surface area contributed by atoms with Gasteiger partial charge in [-0.1, -0.05) is 36.0 Å². The van der Waals surface area contributed by atoms with Gasteiger partial charge in [0.1, 0.15) is 12.1 Å². The third-order valence-corrected chi connectivity index (χ3v) is 5.14. The van der Waals surface area contributed by atoms with Gasteiger partial charge in [-0.2, -0.15) is 0 Å². The summed E-state index contributed by atoms with van der Waals surface area (Å²) in [4.78, 5) is 0. The molecule has 0 amide bonds. The summed E-state index contributed by atoms with van der Waals surface area (Å²) in [7, 11) is 0. The Kier molecular flexibility index (Phi) is 4.81. The standard InChI is InChI=1S/C17H11BrFN5OS/c18-12-6-2-1-5-11(12)16-22-21-15(25-16)9-26-17-23-20-10-24(17)14-8-4-3-7-13(14)19/h1-8,10H,9H2. The minimum Gasteiger partial charge on any atom is -0.420 e. The fourth-order valence-corrected chi connectivity index (χ4v) is 3.53. The van der Waals surface area contributed by atoms with Crippen LogP contribution in [0.3, 0.4) is 0 Å². The van der Waals surface area contributed by atoms with Crippen LogP contribution in [0, 0.1) is 5.82 Å². The summed E-state index contributed by atoms with van der Waals surface area (Å²) in [5.74, 6) is 0.931. The maximum atomic E-state index is 14.0. The lowest BCUT2D eigenvalue weighted by atomic mass is 10.2. The van der Waals surface area contributed by atoms with E-state index in [0.29, 0.717) is 28.4 Å². The third kappa shape index (κ3) is 3.40. The fraction of sp³-hybridized carbons (Fsp3) is 0.0588. The summed E-state index contributed by atoms with van der Waals surface area (Å²) in [6.07, 6.45) is 1.47. The second-order valence-corrected chi connectivity index (χ2v) is 7.00. The van der Waals surface area contributed by atoms with Gasteiger partial charge in [0.15, 0.2) is 5.16 Å². The van der Waals surface area contributed by atoms with E-state index in [4.69, 9.17) is 4.42 Å². The highest BCUT2D eigenvalue weighted by Gasteiger charge is 2.14. The van der Waals surface area contributed by atoms with Gasteiger partial charge in [0.2, 0.25) is 11.8 Å². The SMILES string of the molecule is Fc1ccccc1-n1cnnc1SCc1nnc(-c2ccccc2Br)o1. The Morgan fingerprint density at radius 3 is 2.69 bits per heavy atom. The Bertz CT molecular complexity index is 1050. The summed E-state index contributed by atoms with van der Waals surface area (Å²) in [5.41, 5.74) is 1.21. The van der Waals surface area contributed by atoms with E-state index in [2.05, 4.69) is 36.3 Å². The smallest absolute Gasteiger partial charge is 0.248 e. The molecular formula is C17H11BrFN5OS. The van der Waals surface area contributed by atoms with Crippen molar-refractivity contribution in [1.29, 1.82) is 0 Å². The van der Waals surface area contributed by atoms with Crippen LogP contribution in [0.1, 0.15) is 5.89 Å². The molecule has 4 aromatic rings. The molecular weight excluding hydrogens is 421 g/mol. The van der Waals surface area contributed by atoms with E-state index in [-0.39, 0.29) is 5.82 Å². The highest BCUT2D eigenvalue weighted by molar-refractivity contribution is 9.10. The van der Waals surface area contributed by atoms with E-state index in [9.17, 15) is 4.39 Å². The monoisotopic (exact) mass is 431 g/mol. The van der Waals surface area contributed by atoms with Gasteiger partial charge in [-0.25, -0.2) is 4.39 Å². The van der Waals surface area contributed by atoms with Gasteiger partial charge in [0.25, 0.3) is 0 Å². The third-order valence-electron chi connectivity index (χ3n) is 3.52. The maximum Gasteiger partial charge on any atom is 0.248 e. The van der Waals surface area contributed by atoms with Gasteiger partial charge in [-0.05, 0) is 40.2 Å². The van der Waals surface area contributed by atoms with Crippen LogP contribution >= 0.6 is 27.7 Å². The second-order valence-electron chi connectivity index (χ2n) is 5.20. The van der Waals surface area contributed by atoms with Crippen LogP contribution in [0.4, 0.5) is 4.39 Å². The summed E-state index contributed by atoms with van der Waals surface area (Å²) in [6.45, 7) is 0. The van der Waals surface area contributed by atoms with Crippen LogP contribution in [-0.4, -0.2) is 25.0 Å². The number of rotatable bonds is 5. The van der Waals surface area contributed by atoms with Gasteiger partial charge < -0.3 is 4.42 Å². The van der Waals surface area contributed by atoms with Crippen LogP contribution in [-0.2, 0) is 5.75 Å². The van der Waals surface area contributed by atoms with Crippen molar-refractivity contribution in [3.8, 4) is 17.1 Å². The number of para-hydroxylation sites is 1. The molecule has 0 saturated carbocycles. The van der Waals surface area contributed by atoms with Crippen molar-refractivity contribution in [2.75, 3.05) is 0 Å². The minimum atomic E-state index is -0.344. The predicted molar refractivity (Wildman–Crippen MR) is 98.3 cm³/mol. The van der Waals surface area contributed by atoms with Crippen molar-refractivity contribution in [2.24, 2.45) is 0 Å². The molecule has 2 aromatic heterocycles. The zero-order valence-corrected chi connectivity index (χ0v) is 15.6. The lowest BCUT2D eigenvalue weighted by Crippen LogP contribution is -1.98. The molecule has 26 heavy (non-hydrogen) atoms. The molecule has 130 valence electrons. The molecule has 6 nitrogen and oxygen atoms in total. The highest BCUT2D eigenvalue weighted by atomic mass is 79.9. The molecule has 0 unspecified atom stereocenters. The van der Waals surface area contributed by atoms with Crippen LogP contribution in [0.5, 0.6) is 0 Å². The van der Waals surface area contributed by atoms with Crippen LogP contribution in [0.25, 0.3) is 17.1 Å². The minimum absolute atomic E-state index is 0.344. The van der Waals surface area contributed by atoms with Gasteiger partial charge >= 0.3 is 0 Å². The van der Waals surface area contributed by atoms with E-state index in [1.54, 1.807) is 22.8 Å². The van der Waals surface area contributed by atoms with Crippen LogP contribution in [0.2, 0.25) is 0 Å². The Labute approximate surface area is 160 Å². The Hall–Kier alpha value is -2.52. The number of benzene rings is 2. The molecule has 0 spiro atoms. The topological polar surface area (TPSA) is 69.6 Å². The fourth-order valence-electron chi connectivity index (χ4n) is 2.32. The molecule has 4 rings (SSSR count). The molecule has 0 radical (unpaired) electrons. The molecule has 2 heterocycles. The highest BCUT2D eigenvalue weighted by Crippen LogP contribution is 2.29. The van der Waals surface area contributed by atoms with Gasteiger partial charge in [-0.3, -0.25) is 4.57 Å². The molecule has 0 N–H and O–H groups in total. The van der Waals surface area contributed by atoms with E-state index < -0.39 is 0 Å². The number of halogens is 2. The van der Waals surface area contributed by atoms with Crippen LogP contribution < -0.4 is 0 Å². The first-order chi connectivity index (χ1) is 12.7. The van der Waals surface area contributed by atoms with Crippen molar-refractivity contribution in [3.63, 3.8) is 0 Å². The molecule has 0 aliphatic carbocycles. The van der Waals surface area contributed by atoms with Crippen molar-refractivity contribution < 1.29 is 8.81 Å². The Morgan fingerprint density at radius 1 is 1.04 bits per heavy atom. The second kappa shape index (κ2) is 7.38. The summed E-state index contributed by atoms with van der Waals surface area (Å²) in [6, 6.07) is 14.1. The molecule has 0 atom stereocenters. The zero-order valence-electron chi connectivity index (χ0n) is 13.2. The number of nitrogens with zero attached hydrogens (tertiary/aromatic N) is 5. The van der Waals surface area contributed by atoms with Gasteiger partial charge in [-0.15, -0.1) is 20.4 Å². The normalized spacial score (nSPS) is 11.0. The molecule has 0 fully saturated rings. The molecule has 9 heteroatoms. The molecule has 2 aromatic carbocycles. The zero-order chi connectivity index (χ0) is 17.9. The average Bonchev–Trinajstić information content (AvgIpc) is 3.30. The average molecular weight is 432 g/mol. The van der Waals surface area contributed by atoms with Crippen molar-refractivity contribution in [2.45, 2.75) is 10.9 Å². The Morgan fingerprint density at radius 2 is 1.85 bits per heavy atom. The predicted octanol–water partition coefficient (Wildman–Crippen LogP) is 4.51. The van der Waals surface area contributed by atoms with Crippen molar-refractivity contribution in [1.82, 2.24) is 25.0 Å². The molecule has 0 saturated heterocycles. The first kappa shape index (κ1) is 16.9. The molecule has 0 aliphatic rings. The number of hydrogen-bond acceptors (Lipinski definition) is 6. The van der Waals surface area contributed by atoms with E-state index in [1.807, 2.05) is 24.3 Å². The lowest BCUT2D eigenvalue weighted by molar-refractivity contribution is 0.528. The van der Waals surface area contributed by atoms with E-state index >= 15 is 0 Å². The lowest BCUT2D eigenvalue weighted by Gasteiger charge is -2.06. The van der Waals surface area contributed by atoms with Gasteiger partial charge in [0, 0.05) is 4.47 Å². The maximum absolute atomic E-state index is 14.0. The molecule has 0 bridgehead atoms. The number of aromatic nitrogens is 5. The Balaban J connectivity index is 1.52. The summed E-state index contributed by atoms with van der Waals surface area (Å²) < 4.78 is 22.2. The van der Waals surface area contributed by atoms with Crippen molar-refractivity contribution >= 4 is 27.7 Å². The van der Waals surface area contributed by atoms with Gasteiger partial charge in [0.05, 0.1) is 17.0 Å². The summed E-state index contributed by atoms with van der Waals surface area (Å²) >= 11 is 4.80. The first-order valence-electron chi connectivity index (χ1n) is 7.57. The largest absolute Gasteiger partial charge is 0.420 e. The number of hydrogen-bond donors (Lipinski definition) is 0. The quantitative estimate of drug-likeness (QED) is 0.433. The molecule has 0 aliphatic heterocycles. The first-order valence-corrected chi connectivity index (χ1v) is 9.35.